The minimum absolute atomic E-state index is 0.0913. The lowest BCUT2D eigenvalue weighted by molar-refractivity contribution is 0.103. The Balaban J connectivity index is 1.91. The number of hydrogen-bond donors (Lipinski definition) is 0. The first-order valence-corrected chi connectivity index (χ1v) is 8.25. The second-order valence-corrected chi connectivity index (χ2v) is 5.92. The normalized spacial score (nSPS) is 14.4. The third-order valence-corrected chi connectivity index (χ3v) is 4.37. The van der Waals surface area contributed by atoms with Gasteiger partial charge in [0, 0.05) is 5.56 Å². The third-order valence-electron chi connectivity index (χ3n) is 4.37. The molecule has 3 rings (SSSR count). The minimum Gasteiger partial charge on any atom is -0.496 e. The van der Waals surface area contributed by atoms with Crippen molar-refractivity contribution in [3.63, 3.8) is 0 Å². The molecule has 0 atom stereocenters. The van der Waals surface area contributed by atoms with E-state index >= 15 is 0 Å². The molecular formula is C20H22O4. The molecular weight excluding hydrogens is 304 g/mol. The van der Waals surface area contributed by atoms with Crippen LogP contribution < -0.4 is 14.2 Å². The van der Waals surface area contributed by atoms with E-state index < -0.39 is 0 Å². The summed E-state index contributed by atoms with van der Waals surface area (Å²) >= 11 is 0. The first-order valence-electron chi connectivity index (χ1n) is 8.25. The first-order chi connectivity index (χ1) is 11.7. The van der Waals surface area contributed by atoms with E-state index in [1.807, 2.05) is 12.1 Å². The van der Waals surface area contributed by atoms with Crippen LogP contribution in [0.15, 0.2) is 42.5 Å². The maximum absolute atomic E-state index is 12.8. The summed E-state index contributed by atoms with van der Waals surface area (Å²) in [6.45, 7) is 0. The van der Waals surface area contributed by atoms with Crippen molar-refractivity contribution in [2.75, 3.05) is 14.2 Å². The van der Waals surface area contributed by atoms with Crippen molar-refractivity contribution in [1.29, 1.82) is 0 Å². The van der Waals surface area contributed by atoms with Crippen LogP contribution in [0.4, 0.5) is 0 Å². The van der Waals surface area contributed by atoms with Gasteiger partial charge < -0.3 is 14.2 Å². The second-order valence-electron chi connectivity index (χ2n) is 5.92. The van der Waals surface area contributed by atoms with Crippen molar-refractivity contribution < 1.29 is 19.0 Å². The van der Waals surface area contributed by atoms with Gasteiger partial charge in [0.15, 0.2) is 17.3 Å². The van der Waals surface area contributed by atoms with Gasteiger partial charge >= 0.3 is 0 Å². The average molecular weight is 326 g/mol. The molecule has 0 radical (unpaired) electrons. The first kappa shape index (κ1) is 16.4. The fourth-order valence-electron chi connectivity index (χ4n) is 3.08. The molecule has 24 heavy (non-hydrogen) atoms. The summed E-state index contributed by atoms with van der Waals surface area (Å²) in [7, 11) is 3.17. The number of rotatable bonds is 6. The SMILES string of the molecule is COc1ccc(C(=O)c2ccccc2OC)cc1OC1CCCC1. The fraction of sp³-hybridized carbons (Fsp3) is 0.350. The average Bonchev–Trinajstić information content (AvgIpc) is 3.14. The van der Waals surface area contributed by atoms with E-state index in [0.29, 0.717) is 28.4 Å². The van der Waals surface area contributed by atoms with Crippen LogP contribution in [-0.4, -0.2) is 26.1 Å². The molecule has 4 heteroatoms. The van der Waals surface area contributed by atoms with Gasteiger partial charge in [-0.05, 0) is 56.0 Å². The van der Waals surface area contributed by atoms with Gasteiger partial charge in [-0.2, -0.15) is 0 Å². The van der Waals surface area contributed by atoms with Gasteiger partial charge in [0.1, 0.15) is 5.75 Å². The Morgan fingerprint density at radius 3 is 2.33 bits per heavy atom. The van der Waals surface area contributed by atoms with Crippen molar-refractivity contribution in [2.45, 2.75) is 31.8 Å². The van der Waals surface area contributed by atoms with Crippen LogP contribution >= 0.6 is 0 Å². The molecule has 1 aliphatic carbocycles. The fourth-order valence-corrected chi connectivity index (χ4v) is 3.08. The van der Waals surface area contributed by atoms with Crippen LogP contribution in [0.25, 0.3) is 0 Å². The highest BCUT2D eigenvalue weighted by molar-refractivity contribution is 6.11. The predicted molar refractivity (Wildman–Crippen MR) is 92.3 cm³/mol. The molecule has 1 saturated carbocycles. The molecule has 0 saturated heterocycles. The number of carbonyl (C=O) groups excluding carboxylic acids is 1. The summed E-state index contributed by atoms with van der Waals surface area (Å²) < 4.78 is 16.7. The quantitative estimate of drug-likeness (QED) is 0.744. The van der Waals surface area contributed by atoms with Crippen LogP contribution in [0.1, 0.15) is 41.6 Å². The molecule has 126 valence electrons. The van der Waals surface area contributed by atoms with Crippen LogP contribution in [0.3, 0.4) is 0 Å². The maximum atomic E-state index is 12.8. The molecule has 1 aliphatic rings. The van der Waals surface area contributed by atoms with Crippen LogP contribution in [0, 0.1) is 0 Å². The lowest BCUT2D eigenvalue weighted by atomic mass is 10.0. The van der Waals surface area contributed by atoms with Crippen molar-refractivity contribution in [1.82, 2.24) is 0 Å². The van der Waals surface area contributed by atoms with Gasteiger partial charge in [0.2, 0.25) is 0 Å². The zero-order chi connectivity index (χ0) is 16.9. The molecule has 0 aromatic heterocycles. The monoisotopic (exact) mass is 326 g/mol. The number of ether oxygens (including phenoxy) is 3. The molecule has 0 unspecified atom stereocenters. The summed E-state index contributed by atoms with van der Waals surface area (Å²) in [5.41, 5.74) is 1.10. The topological polar surface area (TPSA) is 44.8 Å². The second kappa shape index (κ2) is 7.39. The van der Waals surface area contributed by atoms with Crippen molar-refractivity contribution in [2.24, 2.45) is 0 Å². The summed E-state index contributed by atoms with van der Waals surface area (Å²) in [5.74, 6) is 1.76. The van der Waals surface area contributed by atoms with Crippen molar-refractivity contribution >= 4 is 5.78 Å². The van der Waals surface area contributed by atoms with Gasteiger partial charge in [-0.3, -0.25) is 4.79 Å². The highest BCUT2D eigenvalue weighted by Crippen LogP contribution is 2.33. The molecule has 2 aromatic rings. The number of hydrogen-bond acceptors (Lipinski definition) is 4. The van der Waals surface area contributed by atoms with E-state index in [-0.39, 0.29) is 11.9 Å². The van der Waals surface area contributed by atoms with E-state index in [0.717, 1.165) is 12.8 Å². The van der Waals surface area contributed by atoms with Crippen LogP contribution in [0.5, 0.6) is 17.2 Å². The number of ketones is 1. The molecule has 0 amide bonds. The number of methoxy groups -OCH3 is 2. The van der Waals surface area contributed by atoms with Gasteiger partial charge in [-0.15, -0.1) is 0 Å². The Morgan fingerprint density at radius 1 is 0.917 bits per heavy atom. The minimum atomic E-state index is -0.0913. The molecule has 0 N–H and O–H groups in total. The van der Waals surface area contributed by atoms with E-state index in [1.165, 1.54) is 12.8 Å². The van der Waals surface area contributed by atoms with E-state index in [4.69, 9.17) is 14.2 Å². The molecule has 0 bridgehead atoms. The van der Waals surface area contributed by atoms with Crippen LogP contribution in [0.2, 0.25) is 0 Å². The number of carbonyl (C=O) groups is 1. The van der Waals surface area contributed by atoms with Gasteiger partial charge in [-0.25, -0.2) is 0 Å². The Morgan fingerprint density at radius 2 is 1.62 bits per heavy atom. The molecule has 0 heterocycles. The predicted octanol–water partition coefficient (Wildman–Crippen LogP) is 4.26. The van der Waals surface area contributed by atoms with Gasteiger partial charge in [0.25, 0.3) is 0 Å². The molecule has 2 aromatic carbocycles. The summed E-state index contributed by atoms with van der Waals surface area (Å²) in [5, 5.41) is 0. The van der Waals surface area contributed by atoms with Crippen LogP contribution in [-0.2, 0) is 0 Å². The van der Waals surface area contributed by atoms with Gasteiger partial charge in [-0.1, -0.05) is 12.1 Å². The molecule has 0 spiro atoms. The molecule has 0 aliphatic heterocycles. The zero-order valence-corrected chi connectivity index (χ0v) is 14.1. The number of para-hydroxylation sites is 1. The molecule has 4 nitrogen and oxygen atoms in total. The lowest BCUT2D eigenvalue weighted by Crippen LogP contribution is -2.12. The summed E-state index contributed by atoms with van der Waals surface area (Å²) in [6, 6.07) is 12.5. The largest absolute Gasteiger partial charge is 0.496 e. The van der Waals surface area contributed by atoms with E-state index in [9.17, 15) is 4.79 Å². The molecule has 1 fully saturated rings. The Labute approximate surface area is 142 Å². The summed E-state index contributed by atoms with van der Waals surface area (Å²) in [6.07, 6.45) is 4.68. The Hall–Kier alpha value is -2.49. The highest BCUT2D eigenvalue weighted by Gasteiger charge is 2.21. The van der Waals surface area contributed by atoms with Crippen molar-refractivity contribution in [3.05, 3.63) is 53.6 Å². The maximum Gasteiger partial charge on any atom is 0.196 e. The van der Waals surface area contributed by atoms with Gasteiger partial charge in [0.05, 0.1) is 25.9 Å². The van der Waals surface area contributed by atoms with Crippen molar-refractivity contribution in [3.8, 4) is 17.2 Å². The smallest absolute Gasteiger partial charge is 0.196 e. The van der Waals surface area contributed by atoms with E-state index in [2.05, 4.69) is 0 Å². The standard InChI is InChI=1S/C20H22O4/c1-22-17-10-6-5-9-16(17)20(21)14-11-12-18(23-2)19(13-14)24-15-7-3-4-8-15/h5-6,9-13,15H,3-4,7-8H2,1-2H3. The third kappa shape index (κ3) is 3.37. The summed E-state index contributed by atoms with van der Waals surface area (Å²) in [4.78, 5) is 12.8. The Bertz CT molecular complexity index is 717. The Kier molecular flexibility index (Phi) is 5.04. The highest BCUT2D eigenvalue weighted by atomic mass is 16.5. The zero-order valence-electron chi connectivity index (χ0n) is 14.1. The number of benzene rings is 2. The lowest BCUT2D eigenvalue weighted by Gasteiger charge is -2.17. The van der Waals surface area contributed by atoms with E-state index in [1.54, 1.807) is 44.6 Å².